The zero-order chi connectivity index (χ0) is 21.6. The minimum atomic E-state index is -0.191. The van der Waals surface area contributed by atoms with Crippen molar-refractivity contribution in [3.63, 3.8) is 0 Å². The number of nitrogens with one attached hydrogen (secondary N) is 1. The van der Waals surface area contributed by atoms with Crippen LogP contribution in [0.15, 0.2) is 48.1 Å². The Bertz CT molecular complexity index is 1010. The van der Waals surface area contributed by atoms with Crippen LogP contribution in [0, 0.1) is 5.92 Å². The number of piperidine rings is 1. The van der Waals surface area contributed by atoms with Gasteiger partial charge < -0.3 is 9.64 Å². The number of rotatable bonds is 7. The van der Waals surface area contributed by atoms with Gasteiger partial charge >= 0.3 is 0 Å². The summed E-state index contributed by atoms with van der Waals surface area (Å²) in [5.41, 5.74) is 1.36. The maximum Gasteiger partial charge on any atom is 0.260 e. The summed E-state index contributed by atoms with van der Waals surface area (Å²) in [5.74, 6) is 0.886. The fraction of sp³-hybridized carbons (Fsp3) is 0.364. The van der Waals surface area contributed by atoms with Crippen LogP contribution in [0.1, 0.15) is 28.9 Å². The molecule has 0 spiro atoms. The Balaban J connectivity index is 1.29. The van der Waals surface area contributed by atoms with Gasteiger partial charge in [-0.25, -0.2) is 4.98 Å². The van der Waals surface area contributed by atoms with Gasteiger partial charge in [-0.15, -0.1) is 11.3 Å². The summed E-state index contributed by atoms with van der Waals surface area (Å²) in [4.78, 5) is 31.1. The van der Waals surface area contributed by atoms with E-state index in [1.165, 1.54) is 11.3 Å². The van der Waals surface area contributed by atoms with Crippen LogP contribution < -0.4 is 10.1 Å². The van der Waals surface area contributed by atoms with Gasteiger partial charge in [0.25, 0.3) is 11.8 Å². The van der Waals surface area contributed by atoms with Gasteiger partial charge in [0.2, 0.25) is 0 Å². The highest BCUT2D eigenvalue weighted by Gasteiger charge is 2.26. The summed E-state index contributed by atoms with van der Waals surface area (Å²) >= 11 is 1.38. The van der Waals surface area contributed by atoms with Crippen LogP contribution in [-0.2, 0) is 18.3 Å². The van der Waals surface area contributed by atoms with E-state index in [0.717, 1.165) is 18.5 Å². The maximum atomic E-state index is 12.7. The van der Waals surface area contributed by atoms with Crippen LogP contribution in [0.5, 0.6) is 5.75 Å². The number of carbonyl (C=O) groups excluding carboxylic acids is 2. The third-order valence-electron chi connectivity index (χ3n) is 5.36. The molecule has 1 aliphatic heterocycles. The molecule has 0 unspecified atom stereocenters. The lowest BCUT2D eigenvalue weighted by Crippen LogP contribution is -2.41. The first-order valence-corrected chi connectivity index (χ1v) is 11.2. The van der Waals surface area contributed by atoms with Gasteiger partial charge in [0, 0.05) is 37.9 Å². The number of nitrogens with zero attached hydrogens (tertiary/aromatic N) is 4. The van der Waals surface area contributed by atoms with Crippen molar-refractivity contribution in [3.8, 4) is 5.75 Å². The summed E-state index contributed by atoms with van der Waals surface area (Å²) in [6.45, 7) is 1.43. The predicted octanol–water partition coefficient (Wildman–Crippen LogP) is 2.99. The van der Waals surface area contributed by atoms with Gasteiger partial charge in [-0.2, -0.15) is 5.10 Å². The largest absolute Gasteiger partial charge is 0.484 e. The first-order valence-electron chi connectivity index (χ1n) is 10.3. The second kappa shape index (κ2) is 9.74. The van der Waals surface area contributed by atoms with Gasteiger partial charge in [-0.1, -0.05) is 18.2 Å². The lowest BCUT2D eigenvalue weighted by molar-refractivity contribution is -0.134. The molecule has 0 radical (unpaired) electrons. The molecular formula is C22H25N5O3S. The van der Waals surface area contributed by atoms with Crippen molar-refractivity contribution in [1.29, 1.82) is 0 Å². The van der Waals surface area contributed by atoms with E-state index in [1.807, 2.05) is 47.7 Å². The van der Waals surface area contributed by atoms with Crippen LogP contribution in [0.25, 0.3) is 0 Å². The minimum absolute atomic E-state index is 0.00338. The Morgan fingerprint density at radius 3 is 2.71 bits per heavy atom. The van der Waals surface area contributed by atoms with Crippen LogP contribution >= 0.6 is 11.3 Å². The van der Waals surface area contributed by atoms with Crippen LogP contribution in [0.3, 0.4) is 0 Å². The van der Waals surface area contributed by atoms with Crippen LogP contribution in [-0.4, -0.2) is 51.2 Å². The van der Waals surface area contributed by atoms with Gasteiger partial charge in [-0.05, 0) is 37.3 Å². The number of amides is 2. The molecule has 4 rings (SSSR count). The molecular weight excluding hydrogens is 414 g/mol. The summed E-state index contributed by atoms with van der Waals surface area (Å²) in [6, 6.07) is 9.36. The number of ether oxygens (including phenoxy) is 1. The van der Waals surface area contributed by atoms with Crippen molar-refractivity contribution in [2.24, 2.45) is 13.0 Å². The van der Waals surface area contributed by atoms with E-state index >= 15 is 0 Å². The number of thiazole rings is 1. The molecule has 162 valence electrons. The number of hydrogen-bond acceptors (Lipinski definition) is 6. The van der Waals surface area contributed by atoms with Gasteiger partial charge in [0.15, 0.2) is 11.7 Å². The molecule has 2 amide bonds. The number of likely N-dealkylation sites (tertiary alicyclic amines) is 1. The van der Waals surface area contributed by atoms with Crippen molar-refractivity contribution >= 4 is 28.3 Å². The third kappa shape index (κ3) is 5.49. The summed E-state index contributed by atoms with van der Waals surface area (Å²) in [6.07, 6.45) is 5.87. The summed E-state index contributed by atoms with van der Waals surface area (Å²) in [5, 5.41) is 9.73. The van der Waals surface area contributed by atoms with E-state index < -0.39 is 0 Å². The number of aryl methyl sites for hydroxylation is 1. The van der Waals surface area contributed by atoms with Crippen LogP contribution in [0.2, 0.25) is 0 Å². The Kier molecular flexibility index (Phi) is 6.61. The monoisotopic (exact) mass is 439 g/mol. The standard InChI is InChI=1S/C22H25N5O3S/c1-26-14-18(21(29)24-22-23-9-12-31-22)19(25-26)13-16-7-10-27(11-8-16)20(28)15-30-17-5-3-2-4-6-17/h2-6,9,12,14,16H,7-8,10-11,13,15H2,1H3,(H,23,24,29). The van der Waals surface area contributed by atoms with Crippen molar-refractivity contribution in [2.75, 3.05) is 25.0 Å². The number of para-hydroxylation sites is 1. The first kappa shape index (κ1) is 21.0. The smallest absolute Gasteiger partial charge is 0.260 e. The highest BCUT2D eigenvalue weighted by molar-refractivity contribution is 7.13. The molecule has 31 heavy (non-hydrogen) atoms. The Morgan fingerprint density at radius 2 is 2.00 bits per heavy atom. The SMILES string of the molecule is Cn1cc(C(=O)Nc2nccs2)c(CC2CCN(C(=O)COc3ccccc3)CC2)n1. The van der Waals surface area contributed by atoms with Gasteiger partial charge in [0.1, 0.15) is 5.75 Å². The molecule has 0 saturated carbocycles. The summed E-state index contributed by atoms with van der Waals surface area (Å²) < 4.78 is 7.25. The average molecular weight is 440 g/mol. The normalized spacial score (nSPS) is 14.4. The number of aromatic nitrogens is 3. The molecule has 0 aliphatic carbocycles. The van der Waals surface area contributed by atoms with Crippen molar-refractivity contribution in [3.05, 3.63) is 59.4 Å². The lowest BCUT2D eigenvalue weighted by Gasteiger charge is -2.31. The molecule has 1 saturated heterocycles. The fourth-order valence-electron chi connectivity index (χ4n) is 3.74. The summed E-state index contributed by atoms with van der Waals surface area (Å²) in [7, 11) is 1.82. The third-order valence-corrected chi connectivity index (χ3v) is 6.05. The molecule has 0 atom stereocenters. The number of benzene rings is 1. The van der Waals surface area contributed by atoms with E-state index in [1.54, 1.807) is 17.1 Å². The quantitative estimate of drug-likeness (QED) is 0.611. The molecule has 3 heterocycles. The number of hydrogen-bond donors (Lipinski definition) is 1. The van der Waals surface area contributed by atoms with E-state index in [9.17, 15) is 9.59 Å². The number of carbonyl (C=O) groups is 2. The molecule has 1 aliphatic rings. The zero-order valence-corrected chi connectivity index (χ0v) is 18.2. The van der Waals surface area contributed by atoms with Gasteiger partial charge in [-0.3, -0.25) is 19.6 Å². The van der Waals surface area contributed by atoms with E-state index in [0.29, 0.717) is 41.9 Å². The van der Waals surface area contributed by atoms with E-state index in [2.05, 4.69) is 15.4 Å². The zero-order valence-electron chi connectivity index (χ0n) is 17.4. The van der Waals surface area contributed by atoms with E-state index in [4.69, 9.17) is 4.74 Å². The molecule has 1 aromatic carbocycles. The molecule has 1 N–H and O–H groups in total. The second-order valence-corrected chi connectivity index (χ2v) is 8.48. The fourth-order valence-corrected chi connectivity index (χ4v) is 4.26. The van der Waals surface area contributed by atoms with Crippen molar-refractivity contribution in [2.45, 2.75) is 19.3 Å². The Morgan fingerprint density at radius 1 is 1.23 bits per heavy atom. The Hall–Kier alpha value is -3.20. The highest BCUT2D eigenvalue weighted by atomic mass is 32.1. The molecule has 9 heteroatoms. The second-order valence-electron chi connectivity index (χ2n) is 7.58. The van der Waals surface area contributed by atoms with Crippen molar-refractivity contribution < 1.29 is 14.3 Å². The minimum Gasteiger partial charge on any atom is -0.484 e. The molecule has 8 nitrogen and oxygen atoms in total. The molecule has 1 fully saturated rings. The highest BCUT2D eigenvalue weighted by Crippen LogP contribution is 2.24. The Labute approximate surface area is 184 Å². The maximum absolute atomic E-state index is 12.7. The molecule has 0 bridgehead atoms. The average Bonchev–Trinajstić information content (AvgIpc) is 3.42. The van der Waals surface area contributed by atoms with Gasteiger partial charge in [0.05, 0.1) is 11.3 Å². The number of anilines is 1. The van der Waals surface area contributed by atoms with Crippen molar-refractivity contribution in [1.82, 2.24) is 19.7 Å². The first-order chi connectivity index (χ1) is 15.1. The van der Waals surface area contributed by atoms with Crippen LogP contribution in [0.4, 0.5) is 5.13 Å². The molecule has 2 aromatic heterocycles. The lowest BCUT2D eigenvalue weighted by atomic mass is 9.91. The molecule has 3 aromatic rings. The predicted molar refractivity (Wildman–Crippen MR) is 118 cm³/mol. The van der Waals surface area contributed by atoms with E-state index in [-0.39, 0.29) is 18.4 Å². The topological polar surface area (TPSA) is 89.4 Å².